The standard InChI is InChI=1S/C12H14BrN/c13-12-3-1-10(2-4-12)9-11-5-7-14-8-6-11/h1-4,9,14H,5-8H2. The summed E-state index contributed by atoms with van der Waals surface area (Å²) >= 11 is 3.44. The van der Waals surface area contributed by atoms with Gasteiger partial charge in [0.25, 0.3) is 0 Å². The molecular weight excluding hydrogens is 238 g/mol. The Balaban J connectivity index is 2.11. The number of benzene rings is 1. The lowest BCUT2D eigenvalue weighted by molar-refractivity contribution is 0.613. The number of piperidine rings is 1. The summed E-state index contributed by atoms with van der Waals surface area (Å²) in [5.41, 5.74) is 2.87. The fourth-order valence-electron chi connectivity index (χ4n) is 1.69. The van der Waals surface area contributed by atoms with Crippen molar-refractivity contribution < 1.29 is 0 Å². The third-order valence-corrected chi connectivity index (χ3v) is 3.02. The molecule has 1 nitrogen and oxygen atoms in total. The van der Waals surface area contributed by atoms with Gasteiger partial charge in [-0.05, 0) is 43.6 Å². The zero-order chi connectivity index (χ0) is 9.80. The van der Waals surface area contributed by atoms with Crippen LogP contribution in [-0.4, -0.2) is 13.1 Å². The molecule has 2 rings (SSSR count). The van der Waals surface area contributed by atoms with Gasteiger partial charge in [0, 0.05) is 4.47 Å². The maximum atomic E-state index is 3.44. The molecule has 0 amide bonds. The molecule has 14 heavy (non-hydrogen) atoms. The second-order valence-corrected chi connectivity index (χ2v) is 4.52. The minimum Gasteiger partial charge on any atom is -0.316 e. The monoisotopic (exact) mass is 251 g/mol. The molecule has 1 heterocycles. The molecule has 2 heteroatoms. The van der Waals surface area contributed by atoms with Crippen molar-refractivity contribution in [2.45, 2.75) is 12.8 Å². The summed E-state index contributed by atoms with van der Waals surface area (Å²) in [5, 5.41) is 3.36. The van der Waals surface area contributed by atoms with Crippen LogP contribution >= 0.6 is 15.9 Å². The molecular formula is C12H14BrN. The molecule has 0 atom stereocenters. The topological polar surface area (TPSA) is 12.0 Å². The molecule has 0 unspecified atom stereocenters. The highest BCUT2D eigenvalue weighted by molar-refractivity contribution is 9.10. The summed E-state index contributed by atoms with van der Waals surface area (Å²) in [6, 6.07) is 8.49. The SMILES string of the molecule is Brc1ccc(C=C2CCNCC2)cc1. The third kappa shape index (κ3) is 2.69. The van der Waals surface area contributed by atoms with Crippen LogP contribution in [0.4, 0.5) is 0 Å². The number of rotatable bonds is 1. The molecule has 1 aliphatic rings. The smallest absolute Gasteiger partial charge is 0.0175 e. The van der Waals surface area contributed by atoms with Gasteiger partial charge in [-0.3, -0.25) is 0 Å². The minimum absolute atomic E-state index is 1.13. The number of nitrogens with one attached hydrogen (secondary N) is 1. The summed E-state index contributed by atoms with van der Waals surface area (Å²) < 4.78 is 1.14. The van der Waals surface area contributed by atoms with Gasteiger partial charge in [0.2, 0.25) is 0 Å². The molecule has 0 aliphatic carbocycles. The van der Waals surface area contributed by atoms with Crippen molar-refractivity contribution in [3.63, 3.8) is 0 Å². The molecule has 0 bridgehead atoms. The fourth-order valence-corrected chi connectivity index (χ4v) is 1.95. The number of hydrogen-bond donors (Lipinski definition) is 1. The van der Waals surface area contributed by atoms with Gasteiger partial charge in [-0.2, -0.15) is 0 Å². The molecule has 1 fully saturated rings. The predicted molar refractivity (Wildman–Crippen MR) is 64.2 cm³/mol. The van der Waals surface area contributed by atoms with E-state index in [1.807, 2.05) is 0 Å². The van der Waals surface area contributed by atoms with Crippen molar-refractivity contribution in [3.05, 3.63) is 39.9 Å². The molecule has 0 saturated carbocycles. The third-order valence-electron chi connectivity index (χ3n) is 2.49. The number of hydrogen-bond acceptors (Lipinski definition) is 1. The Bertz CT molecular complexity index is 319. The summed E-state index contributed by atoms with van der Waals surface area (Å²) in [6.45, 7) is 2.25. The van der Waals surface area contributed by atoms with Crippen LogP contribution in [0.2, 0.25) is 0 Å². The van der Waals surface area contributed by atoms with Crippen molar-refractivity contribution in [1.29, 1.82) is 0 Å². The summed E-state index contributed by atoms with van der Waals surface area (Å²) in [4.78, 5) is 0. The van der Waals surface area contributed by atoms with E-state index >= 15 is 0 Å². The fraction of sp³-hybridized carbons (Fsp3) is 0.333. The van der Waals surface area contributed by atoms with Crippen molar-refractivity contribution in [1.82, 2.24) is 5.32 Å². The maximum Gasteiger partial charge on any atom is 0.0175 e. The van der Waals surface area contributed by atoms with Crippen LogP contribution in [-0.2, 0) is 0 Å². The molecule has 1 aliphatic heterocycles. The summed E-state index contributed by atoms with van der Waals surface area (Å²) in [6.07, 6.45) is 4.69. The van der Waals surface area contributed by atoms with E-state index in [9.17, 15) is 0 Å². The van der Waals surface area contributed by atoms with E-state index in [4.69, 9.17) is 0 Å². The van der Waals surface area contributed by atoms with E-state index in [0.717, 1.165) is 17.6 Å². The largest absolute Gasteiger partial charge is 0.316 e. The first-order chi connectivity index (χ1) is 6.84. The Morgan fingerprint density at radius 2 is 1.71 bits per heavy atom. The molecule has 1 saturated heterocycles. The Morgan fingerprint density at radius 3 is 2.36 bits per heavy atom. The Hall–Kier alpha value is -0.600. The highest BCUT2D eigenvalue weighted by Gasteiger charge is 2.03. The van der Waals surface area contributed by atoms with Crippen LogP contribution in [0.25, 0.3) is 6.08 Å². The van der Waals surface area contributed by atoms with Gasteiger partial charge in [0.05, 0.1) is 0 Å². The zero-order valence-electron chi connectivity index (χ0n) is 8.09. The quantitative estimate of drug-likeness (QED) is 0.809. The zero-order valence-corrected chi connectivity index (χ0v) is 9.68. The van der Waals surface area contributed by atoms with E-state index < -0.39 is 0 Å². The van der Waals surface area contributed by atoms with Crippen LogP contribution in [0.3, 0.4) is 0 Å². The summed E-state index contributed by atoms with van der Waals surface area (Å²) in [5.74, 6) is 0. The molecule has 1 aromatic carbocycles. The van der Waals surface area contributed by atoms with Crippen LogP contribution in [0.1, 0.15) is 18.4 Å². The second kappa shape index (κ2) is 4.76. The lowest BCUT2D eigenvalue weighted by Gasteiger charge is -2.15. The number of halogens is 1. The normalized spacial score (nSPS) is 16.8. The van der Waals surface area contributed by atoms with Gasteiger partial charge in [0.15, 0.2) is 0 Å². The van der Waals surface area contributed by atoms with E-state index in [1.54, 1.807) is 5.57 Å². The van der Waals surface area contributed by atoms with E-state index in [1.165, 1.54) is 18.4 Å². The summed E-state index contributed by atoms with van der Waals surface area (Å²) in [7, 11) is 0. The molecule has 1 aromatic rings. The van der Waals surface area contributed by atoms with Crippen molar-refractivity contribution in [2.75, 3.05) is 13.1 Å². The van der Waals surface area contributed by atoms with Crippen molar-refractivity contribution in [2.24, 2.45) is 0 Å². The Morgan fingerprint density at radius 1 is 1.07 bits per heavy atom. The molecule has 0 spiro atoms. The van der Waals surface area contributed by atoms with E-state index in [-0.39, 0.29) is 0 Å². The van der Waals surface area contributed by atoms with Gasteiger partial charge >= 0.3 is 0 Å². The van der Waals surface area contributed by atoms with Crippen LogP contribution in [0.5, 0.6) is 0 Å². The first-order valence-electron chi connectivity index (χ1n) is 5.00. The highest BCUT2D eigenvalue weighted by atomic mass is 79.9. The van der Waals surface area contributed by atoms with Gasteiger partial charge in [0.1, 0.15) is 0 Å². The van der Waals surface area contributed by atoms with Crippen molar-refractivity contribution >= 4 is 22.0 Å². The Labute approximate surface area is 93.3 Å². The van der Waals surface area contributed by atoms with Crippen LogP contribution in [0.15, 0.2) is 34.3 Å². The van der Waals surface area contributed by atoms with Gasteiger partial charge in [-0.1, -0.05) is 39.7 Å². The van der Waals surface area contributed by atoms with Crippen LogP contribution in [0, 0.1) is 0 Å². The van der Waals surface area contributed by atoms with Crippen LogP contribution < -0.4 is 5.32 Å². The van der Waals surface area contributed by atoms with Gasteiger partial charge < -0.3 is 5.32 Å². The van der Waals surface area contributed by atoms with E-state index in [0.29, 0.717) is 0 Å². The van der Waals surface area contributed by atoms with Gasteiger partial charge in [-0.25, -0.2) is 0 Å². The second-order valence-electron chi connectivity index (χ2n) is 3.60. The van der Waals surface area contributed by atoms with Crippen molar-refractivity contribution in [3.8, 4) is 0 Å². The molecule has 74 valence electrons. The Kier molecular flexibility index (Phi) is 3.38. The maximum absolute atomic E-state index is 3.44. The minimum atomic E-state index is 1.13. The van der Waals surface area contributed by atoms with E-state index in [2.05, 4.69) is 51.6 Å². The highest BCUT2D eigenvalue weighted by Crippen LogP contribution is 2.17. The molecule has 0 radical (unpaired) electrons. The average molecular weight is 252 g/mol. The average Bonchev–Trinajstić information content (AvgIpc) is 2.23. The molecule has 1 N–H and O–H groups in total. The van der Waals surface area contributed by atoms with Gasteiger partial charge in [-0.15, -0.1) is 0 Å². The lowest BCUT2D eigenvalue weighted by atomic mass is 10.0. The predicted octanol–water partition coefficient (Wildman–Crippen LogP) is 3.22. The molecule has 0 aromatic heterocycles. The first-order valence-corrected chi connectivity index (χ1v) is 5.79. The first kappa shape index (κ1) is 9.94. The lowest BCUT2D eigenvalue weighted by Crippen LogP contribution is -2.22.